The van der Waals surface area contributed by atoms with Crippen LogP contribution in [0.3, 0.4) is 0 Å². The minimum absolute atomic E-state index is 0.484. The van der Waals surface area contributed by atoms with Crippen molar-refractivity contribution in [3.05, 3.63) is 29.8 Å². The zero-order valence-corrected chi connectivity index (χ0v) is 13.2. The van der Waals surface area contributed by atoms with Crippen LogP contribution in [0, 0.1) is 0 Å². The molecule has 0 amide bonds. The molecule has 1 unspecified atom stereocenters. The van der Waals surface area contributed by atoms with E-state index in [1.54, 1.807) is 0 Å². The van der Waals surface area contributed by atoms with E-state index in [4.69, 9.17) is 4.74 Å². The standard InChI is InChI=1S/C18H28N2O/c1-15-7-8-16-5-2-3-6-18(16)20(15)13-4-14-21-17-9-11-19-12-10-17/h2-3,5-6,15,17,19H,4,7-14H2,1H3. The van der Waals surface area contributed by atoms with E-state index in [1.165, 1.54) is 36.9 Å². The predicted octanol–water partition coefficient (Wildman–Crippen LogP) is 2.99. The van der Waals surface area contributed by atoms with E-state index >= 15 is 0 Å². The van der Waals surface area contributed by atoms with Gasteiger partial charge in [0.2, 0.25) is 0 Å². The maximum Gasteiger partial charge on any atom is 0.0599 e. The van der Waals surface area contributed by atoms with Gasteiger partial charge in [-0.1, -0.05) is 18.2 Å². The van der Waals surface area contributed by atoms with Crippen LogP contribution in [0.25, 0.3) is 0 Å². The Morgan fingerprint density at radius 3 is 2.86 bits per heavy atom. The first-order chi connectivity index (χ1) is 10.3. The van der Waals surface area contributed by atoms with Crippen LogP contribution in [-0.2, 0) is 11.2 Å². The molecule has 1 fully saturated rings. The maximum atomic E-state index is 6.03. The number of benzene rings is 1. The molecule has 0 spiro atoms. The predicted molar refractivity (Wildman–Crippen MR) is 88.0 cm³/mol. The highest BCUT2D eigenvalue weighted by Gasteiger charge is 2.22. The van der Waals surface area contributed by atoms with Gasteiger partial charge in [0.15, 0.2) is 0 Å². The lowest BCUT2D eigenvalue weighted by Gasteiger charge is -2.37. The van der Waals surface area contributed by atoms with E-state index < -0.39 is 0 Å². The first-order valence-corrected chi connectivity index (χ1v) is 8.51. The molecule has 2 aliphatic heterocycles. The van der Waals surface area contributed by atoms with Crippen molar-refractivity contribution in [1.29, 1.82) is 0 Å². The van der Waals surface area contributed by atoms with E-state index in [1.807, 2.05) is 0 Å². The molecule has 3 nitrogen and oxygen atoms in total. The molecule has 21 heavy (non-hydrogen) atoms. The zero-order chi connectivity index (χ0) is 14.5. The number of ether oxygens (including phenoxy) is 1. The van der Waals surface area contributed by atoms with Crippen molar-refractivity contribution in [2.75, 3.05) is 31.1 Å². The number of hydrogen-bond acceptors (Lipinski definition) is 3. The Hall–Kier alpha value is -1.06. The normalized spacial score (nSPS) is 23.1. The lowest BCUT2D eigenvalue weighted by Crippen LogP contribution is -2.38. The molecule has 1 saturated heterocycles. The zero-order valence-electron chi connectivity index (χ0n) is 13.2. The van der Waals surface area contributed by atoms with E-state index in [0.717, 1.165) is 32.7 Å². The van der Waals surface area contributed by atoms with Gasteiger partial charge in [0.1, 0.15) is 0 Å². The Labute approximate surface area is 128 Å². The monoisotopic (exact) mass is 288 g/mol. The summed E-state index contributed by atoms with van der Waals surface area (Å²) < 4.78 is 6.03. The van der Waals surface area contributed by atoms with Crippen molar-refractivity contribution in [1.82, 2.24) is 5.32 Å². The Kier molecular flexibility index (Phi) is 5.15. The summed E-state index contributed by atoms with van der Waals surface area (Å²) in [5, 5.41) is 3.39. The van der Waals surface area contributed by atoms with E-state index in [-0.39, 0.29) is 0 Å². The molecule has 2 heterocycles. The highest BCUT2D eigenvalue weighted by Crippen LogP contribution is 2.30. The molecular weight excluding hydrogens is 260 g/mol. The lowest BCUT2D eigenvalue weighted by atomic mass is 9.96. The Morgan fingerprint density at radius 1 is 1.19 bits per heavy atom. The Balaban J connectivity index is 1.48. The number of fused-ring (bicyclic) bond motifs is 1. The topological polar surface area (TPSA) is 24.5 Å². The van der Waals surface area contributed by atoms with Crippen LogP contribution in [0.4, 0.5) is 5.69 Å². The van der Waals surface area contributed by atoms with Gasteiger partial charge in [-0.25, -0.2) is 0 Å². The van der Waals surface area contributed by atoms with Crippen molar-refractivity contribution in [2.24, 2.45) is 0 Å². The molecule has 0 bridgehead atoms. The molecule has 1 N–H and O–H groups in total. The fourth-order valence-corrected chi connectivity index (χ4v) is 3.55. The fraction of sp³-hybridized carbons (Fsp3) is 0.667. The second-order valence-corrected chi connectivity index (χ2v) is 6.38. The first kappa shape index (κ1) is 14.9. The largest absolute Gasteiger partial charge is 0.378 e. The molecule has 3 rings (SSSR count). The summed E-state index contributed by atoms with van der Waals surface area (Å²) in [5.74, 6) is 0. The third-order valence-electron chi connectivity index (χ3n) is 4.85. The van der Waals surface area contributed by atoms with Crippen LogP contribution < -0.4 is 10.2 Å². The van der Waals surface area contributed by atoms with Crippen LogP contribution in [-0.4, -0.2) is 38.4 Å². The van der Waals surface area contributed by atoms with Crippen LogP contribution in [0.2, 0.25) is 0 Å². The number of nitrogens with one attached hydrogen (secondary N) is 1. The molecule has 0 aliphatic carbocycles. The molecule has 116 valence electrons. The average molecular weight is 288 g/mol. The summed E-state index contributed by atoms with van der Waals surface area (Å²) in [7, 11) is 0. The number of nitrogens with zero attached hydrogens (tertiary/aromatic N) is 1. The molecule has 2 aliphatic rings. The molecule has 3 heteroatoms. The molecular formula is C18H28N2O. The van der Waals surface area contributed by atoms with Crippen LogP contribution in [0.15, 0.2) is 24.3 Å². The summed E-state index contributed by atoms with van der Waals surface area (Å²) in [4.78, 5) is 2.57. The van der Waals surface area contributed by atoms with Gasteiger partial charge in [-0.05, 0) is 63.7 Å². The number of piperidine rings is 1. The SMILES string of the molecule is CC1CCc2ccccc2N1CCCOC1CCNCC1. The van der Waals surface area contributed by atoms with Gasteiger partial charge in [-0.2, -0.15) is 0 Å². The molecule has 1 aromatic carbocycles. The number of para-hydroxylation sites is 1. The van der Waals surface area contributed by atoms with Gasteiger partial charge in [-0.3, -0.25) is 0 Å². The van der Waals surface area contributed by atoms with Crippen LogP contribution in [0.1, 0.15) is 38.2 Å². The van der Waals surface area contributed by atoms with Crippen molar-refractivity contribution in [2.45, 2.75) is 51.2 Å². The summed E-state index contributed by atoms with van der Waals surface area (Å²) in [6, 6.07) is 9.53. The van der Waals surface area contributed by atoms with E-state index in [2.05, 4.69) is 41.4 Å². The van der Waals surface area contributed by atoms with Crippen molar-refractivity contribution < 1.29 is 4.74 Å². The molecule has 0 radical (unpaired) electrons. The summed E-state index contributed by atoms with van der Waals surface area (Å²) in [6.07, 6.45) is 6.44. The van der Waals surface area contributed by atoms with Gasteiger partial charge < -0.3 is 15.0 Å². The second-order valence-electron chi connectivity index (χ2n) is 6.38. The number of anilines is 1. The Morgan fingerprint density at radius 2 is 2.00 bits per heavy atom. The van der Waals surface area contributed by atoms with Crippen molar-refractivity contribution in [3.8, 4) is 0 Å². The molecule has 0 saturated carbocycles. The molecule has 0 aromatic heterocycles. The number of hydrogen-bond donors (Lipinski definition) is 1. The maximum absolute atomic E-state index is 6.03. The third kappa shape index (κ3) is 3.78. The summed E-state index contributed by atoms with van der Waals surface area (Å²) >= 11 is 0. The number of aryl methyl sites for hydroxylation is 1. The lowest BCUT2D eigenvalue weighted by molar-refractivity contribution is 0.0322. The average Bonchev–Trinajstić information content (AvgIpc) is 2.54. The van der Waals surface area contributed by atoms with Crippen LogP contribution >= 0.6 is 0 Å². The Bertz CT molecular complexity index is 443. The van der Waals surface area contributed by atoms with Crippen LogP contribution in [0.5, 0.6) is 0 Å². The van der Waals surface area contributed by atoms with Crippen molar-refractivity contribution in [3.63, 3.8) is 0 Å². The van der Waals surface area contributed by atoms with E-state index in [0.29, 0.717) is 12.1 Å². The third-order valence-corrected chi connectivity index (χ3v) is 4.85. The van der Waals surface area contributed by atoms with Gasteiger partial charge >= 0.3 is 0 Å². The quantitative estimate of drug-likeness (QED) is 0.843. The fourth-order valence-electron chi connectivity index (χ4n) is 3.55. The highest BCUT2D eigenvalue weighted by atomic mass is 16.5. The highest BCUT2D eigenvalue weighted by molar-refractivity contribution is 5.56. The van der Waals surface area contributed by atoms with Gasteiger partial charge in [0.05, 0.1) is 6.10 Å². The summed E-state index contributed by atoms with van der Waals surface area (Å²) in [6.45, 7) is 6.59. The minimum atomic E-state index is 0.484. The van der Waals surface area contributed by atoms with Gasteiger partial charge in [-0.15, -0.1) is 0 Å². The molecule has 1 aromatic rings. The smallest absolute Gasteiger partial charge is 0.0599 e. The number of rotatable bonds is 5. The first-order valence-electron chi connectivity index (χ1n) is 8.51. The minimum Gasteiger partial charge on any atom is -0.378 e. The molecule has 1 atom stereocenters. The summed E-state index contributed by atoms with van der Waals surface area (Å²) in [5.41, 5.74) is 2.95. The second kappa shape index (κ2) is 7.28. The van der Waals surface area contributed by atoms with Gasteiger partial charge in [0, 0.05) is 24.9 Å². The van der Waals surface area contributed by atoms with Crippen molar-refractivity contribution >= 4 is 5.69 Å². The van der Waals surface area contributed by atoms with Gasteiger partial charge in [0.25, 0.3) is 0 Å². The van der Waals surface area contributed by atoms with E-state index in [9.17, 15) is 0 Å².